The van der Waals surface area contributed by atoms with Crippen LogP contribution in [0, 0.1) is 0 Å². The van der Waals surface area contributed by atoms with Crippen molar-refractivity contribution in [3.8, 4) is 0 Å². The molecule has 1 atom stereocenters. The van der Waals surface area contributed by atoms with Crippen LogP contribution in [0.15, 0.2) is 21.9 Å². The Balaban J connectivity index is 2.35. The number of pyridine rings is 1. The summed E-state index contributed by atoms with van der Waals surface area (Å²) in [5.74, 6) is -1.76. The lowest BCUT2D eigenvalue weighted by molar-refractivity contribution is -0.139. The monoisotopic (exact) mass is 334 g/mol. The van der Waals surface area contributed by atoms with Crippen molar-refractivity contribution in [3.05, 3.63) is 38.7 Å². The molecule has 0 bridgehead atoms. The zero-order valence-corrected chi connectivity index (χ0v) is 13.3. The number of carboxylic acids is 1. The van der Waals surface area contributed by atoms with Gasteiger partial charge in [0.05, 0.1) is 10.9 Å². The molecule has 0 saturated carbocycles. The van der Waals surface area contributed by atoms with E-state index in [-0.39, 0.29) is 16.6 Å². The van der Waals surface area contributed by atoms with Crippen LogP contribution in [0.1, 0.15) is 36.5 Å². The van der Waals surface area contributed by atoms with Gasteiger partial charge >= 0.3 is 11.7 Å². The van der Waals surface area contributed by atoms with Crippen LogP contribution in [-0.2, 0) is 11.8 Å². The molecule has 0 aliphatic rings. The third-order valence-electron chi connectivity index (χ3n) is 3.67. The number of aromatic nitrogens is 3. The lowest BCUT2D eigenvalue weighted by Gasteiger charge is -2.14. The molecule has 0 unspecified atom stereocenters. The van der Waals surface area contributed by atoms with Gasteiger partial charge in [0.25, 0.3) is 11.5 Å². The number of H-pyrrole nitrogens is 1. The zero-order chi connectivity index (χ0) is 17.9. The highest BCUT2D eigenvalue weighted by Crippen LogP contribution is 2.08. The van der Waals surface area contributed by atoms with Gasteiger partial charge in [-0.3, -0.25) is 19.1 Å². The fraction of sp³-hybridized carbons (Fsp3) is 0.400. The maximum atomic E-state index is 12.2. The molecular weight excluding hydrogens is 316 g/mol. The predicted molar refractivity (Wildman–Crippen MR) is 86.0 cm³/mol. The Bertz CT molecular complexity index is 899. The average Bonchev–Trinajstić information content (AvgIpc) is 2.55. The van der Waals surface area contributed by atoms with Gasteiger partial charge in [-0.15, -0.1) is 0 Å². The second-order valence-corrected chi connectivity index (χ2v) is 5.42. The smallest absolute Gasteiger partial charge is 0.329 e. The fourth-order valence-corrected chi connectivity index (χ4v) is 2.27. The van der Waals surface area contributed by atoms with E-state index in [1.807, 2.05) is 6.92 Å². The third kappa shape index (κ3) is 3.50. The maximum absolute atomic E-state index is 12.2. The summed E-state index contributed by atoms with van der Waals surface area (Å²) >= 11 is 0. The highest BCUT2D eigenvalue weighted by atomic mass is 16.4. The highest BCUT2D eigenvalue weighted by molar-refractivity contribution is 5.98. The molecule has 0 saturated heterocycles. The summed E-state index contributed by atoms with van der Waals surface area (Å²) < 4.78 is 1.15. The Kier molecular flexibility index (Phi) is 5.12. The summed E-state index contributed by atoms with van der Waals surface area (Å²) in [5, 5.41) is 11.6. The molecule has 2 rings (SSSR count). The largest absolute Gasteiger partial charge is 0.480 e. The van der Waals surface area contributed by atoms with E-state index in [0.717, 1.165) is 11.0 Å². The van der Waals surface area contributed by atoms with E-state index in [2.05, 4.69) is 15.3 Å². The van der Waals surface area contributed by atoms with E-state index in [0.29, 0.717) is 12.8 Å². The van der Waals surface area contributed by atoms with Gasteiger partial charge in [0.2, 0.25) is 0 Å². The molecular formula is C15H18N4O5. The van der Waals surface area contributed by atoms with Crippen molar-refractivity contribution < 1.29 is 14.7 Å². The van der Waals surface area contributed by atoms with Gasteiger partial charge in [0.1, 0.15) is 11.7 Å². The first-order chi connectivity index (χ1) is 11.3. The van der Waals surface area contributed by atoms with Crippen LogP contribution >= 0.6 is 0 Å². The number of carboxylic acid groups (broad SMARTS) is 1. The summed E-state index contributed by atoms with van der Waals surface area (Å²) in [6.45, 7) is 1.92. The van der Waals surface area contributed by atoms with Crippen molar-refractivity contribution in [2.75, 3.05) is 0 Å². The molecule has 3 N–H and O–H groups in total. The number of hydrogen-bond acceptors (Lipinski definition) is 5. The lowest BCUT2D eigenvalue weighted by atomic mass is 10.1. The van der Waals surface area contributed by atoms with Crippen LogP contribution in [0.4, 0.5) is 0 Å². The summed E-state index contributed by atoms with van der Waals surface area (Å²) in [6.07, 6.45) is 2.98. The maximum Gasteiger partial charge on any atom is 0.329 e. The van der Waals surface area contributed by atoms with Crippen LogP contribution in [-0.4, -0.2) is 37.6 Å². The normalized spacial score (nSPS) is 12.1. The number of nitrogens with one attached hydrogen (secondary N) is 2. The average molecular weight is 334 g/mol. The van der Waals surface area contributed by atoms with Gasteiger partial charge in [-0.05, 0) is 12.5 Å². The Morgan fingerprint density at radius 1 is 1.42 bits per heavy atom. The quantitative estimate of drug-likeness (QED) is 0.680. The number of amides is 1. The van der Waals surface area contributed by atoms with Gasteiger partial charge in [0, 0.05) is 13.2 Å². The summed E-state index contributed by atoms with van der Waals surface area (Å²) in [6, 6.07) is 0.279. The first kappa shape index (κ1) is 17.4. The second kappa shape index (κ2) is 7.07. The number of aryl methyl sites for hydroxylation is 1. The number of aliphatic carboxylic acids is 1. The van der Waals surface area contributed by atoms with Gasteiger partial charge in [-0.25, -0.2) is 14.6 Å². The molecule has 0 fully saturated rings. The molecule has 0 spiro atoms. The van der Waals surface area contributed by atoms with E-state index < -0.39 is 29.2 Å². The standard InChI is InChI=1S/C15H18N4O5/c1-3-4-5-10(14(22)23)17-12(20)8-6-9-11(16-7-8)19(2)15(24)18-13(9)21/h6-7,10H,3-5H2,1-2H3,(H,17,20)(H,22,23)(H,18,21,24)/t10-/m0/s1. The van der Waals surface area contributed by atoms with E-state index >= 15 is 0 Å². The third-order valence-corrected chi connectivity index (χ3v) is 3.67. The summed E-state index contributed by atoms with van der Waals surface area (Å²) in [7, 11) is 1.44. The van der Waals surface area contributed by atoms with Crippen LogP contribution in [0.3, 0.4) is 0 Å². The van der Waals surface area contributed by atoms with Crippen LogP contribution < -0.4 is 16.6 Å². The molecule has 0 aromatic carbocycles. The summed E-state index contributed by atoms with van der Waals surface area (Å²) in [4.78, 5) is 52.9. The SMILES string of the molecule is CCCC[C@H](NC(=O)c1cnc2c(c1)c(=O)[nH]c(=O)n2C)C(=O)O. The number of rotatable bonds is 6. The molecule has 1 amide bonds. The Labute approximate surface area is 136 Å². The van der Waals surface area contributed by atoms with Gasteiger partial charge in [0.15, 0.2) is 0 Å². The lowest BCUT2D eigenvalue weighted by Crippen LogP contribution is -2.40. The minimum Gasteiger partial charge on any atom is -0.480 e. The molecule has 2 aromatic heterocycles. The number of carbonyl (C=O) groups excluding carboxylic acids is 1. The molecule has 9 heteroatoms. The van der Waals surface area contributed by atoms with Gasteiger partial charge in [-0.1, -0.05) is 19.8 Å². The van der Waals surface area contributed by atoms with Crippen LogP contribution in [0.2, 0.25) is 0 Å². The first-order valence-electron chi connectivity index (χ1n) is 7.48. The number of carbonyl (C=O) groups is 2. The molecule has 0 radical (unpaired) electrons. The van der Waals surface area contributed by atoms with Crippen molar-refractivity contribution in [2.45, 2.75) is 32.2 Å². The molecule has 2 heterocycles. The van der Waals surface area contributed by atoms with Crippen molar-refractivity contribution in [3.63, 3.8) is 0 Å². The second-order valence-electron chi connectivity index (χ2n) is 5.42. The Morgan fingerprint density at radius 3 is 2.75 bits per heavy atom. The number of unbranched alkanes of at least 4 members (excludes halogenated alkanes) is 1. The molecule has 0 aliphatic heterocycles. The molecule has 128 valence electrons. The fourth-order valence-electron chi connectivity index (χ4n) is 2.27. The highest BCUT2D eigenvalue weighted by Gasteiger charge is 2.20. The molecule has 24 heavy (non-hydrogen) atoms. The number of fused-ring (bicyclic) bond motifs is 1. The van der Waals surface area contributed by atoms with Crippen LogP contribution in [0.5, 0.6) is 0 Å². The van der Waals surface area contributed by atoms with Crippen molar-refractivity contribution in [1.82, 2.24) is 19.9 Å². The van der Waals surface area contributed by atoms with Crippen molar-refractivity contribution >= 4 is 22.9 Å². The molecule has 0 aliphatic carbocycles. The predicted octanol–water partition coefficient (Wildman–Crippen LogP) is -0.00500. The van der Waals surface area contributed by atoms with Gasteiger partial charge in [-0.2, -0.15) is 0 Å². The minimum atomic E-state index is -1.12. The van der Waals surface area contributed by atoms with Crippen molar-refractivity contribution in [2.24, 2.45) is 7.05 Å². The van der Waals surface area contributed by atoms with E-state index in [9.17, 15) is 19.2 Å². The topological polar surface area (TPSA) is 134 Å². The minimum absolute atomic E-state index is 0.0504. The Hall–Kier alpha value is -2.97. The molecule has 9 nitrogen and oxygen atoms in total. The van der Waals surface area contributed by atoms with Gasteiger partial charge < -0.3 is 10.4 Å². The summed E-state index contributed by atoms with van der Waals surface area (Å²) in [5.41, 5.74) is -1.07. The van der Waals surface area contributed by atoms with Crippen LogP contribution in [0.25, 0.3) is 11.0 Å². The van der Waals surface area contributed by atoms with E-state index in [1.54, 1.807) is 0 Å². The molecule has 2 aromatic rings. The number of nitrogens with zero attached hydrogens (tertiary/aromatic N) is 2. The number of aromatic amines is 1. The van der Waals surface area contributed by atoms with Crippen molar-refractivity contribution in [1.29, 1.82) is 0 Å². The van der Waals surface area contributed by atoms with E-state index in [1.165, 1.54) is 19.3 Å². The number of hydrogen-bond donors (Lipinski definition) is 3. The van der Waals surface area contributed by atoms with E-state index in [4.69, 9.17) is 5.11 Å². The first-order valence-corrected chi connectivity index (χ1v) is 7.48. The Morgan fingerprint density at radius 2 is 2.12 bits per heavy atom. The zero-order valence-electron chi connectivity index (χ0n) is 13.3.